The molecule has 2 heterocycles. The topological polar surface area (TPSA) is 73.8 Å². The van der Waals surface area contributed by atoms with Crippen LogP contribution in [0.15, 0.2) is 30.7 Å². The maximum absolute atomic E-state index is 11.5. The van der Waals surface area contributed by atoms with Gasteiger partial charge in [0, 0.05) is 30.6 Å². The Morgan fingerprint density at radius 3 is 2.85 bits per heavy atom. The molecular weight excluding hydrogens is 252 g/mol. The number of hydrogen-bond donors (Lipinski definition) is 1. The van der Waals surface area contributed by atoms with Gasteiger partial charge in [-0.25, -0.2) is 9.78 Å². The maximum Gasteiger partial charge on any atom is 0.324 e. The van der Waals surface area contributed by atoms with Crippen molar-refractivity contribution in [2.24, 2.45) is 11.7 Å². The Balaban J connectivity index is 2.22. The van der Waals surface area contributed by atoms with Gasteiger partial charge in [-0.15, -0.1) is 0 Å². The minimum Gasteiger partial charge on any atom is -0.351 e. The lowest BCUT2D eigenvalue weighted by molar-refractivity contribution is 0.249. The van der Waals surface area contributed by atoms with E-state index in [0.29, 0.717) is 5.92 Å². The smallest absolute Gasteiger partial charge is 0.324 e. The SMILES string of the molecule is CC(C)CCCc1nc(-c2cccnc2)cn1C(N)=O. The second-order valence-corrected chi connectivity index (χ2v) is 5.28. The summed E-state index contributed by atoms with van der Waals surface area (Å²) in [5.41, 5.74) is 7.03. The van der Waals surface area contributed by atoms with Crippen LogP contribution < -0.4 is 5.73 Å². The van der Waals surface area contributed by atoms with E-state index in [1.807, 2.05) is 12.1 Å². The standard InChI is InChI=1S/C15H20N4O/c1-11(2)5-3-7-14-18-13(10-19(14)15(16)20)12-6-4-8-17-9-12/h4,6,8-11H,3,5,7H2,1-2H3,(H2,16,20). The van der Waals surface area contributed by atoms with E-state index in [2.05, 4.69) is 23.8 Å². The number of nitrogens with two attached hydrogens (primary N) is 1. The molecule has 5 nitrogen and oxygen atoms in total. The molecule has 0 fully saturated rings. The van der Waals surface area contributed by atoms with Gasteiger partial charge < -0.3 is 5.73 Å². The number of hydrogen-bond acceptors (Lipinski definition) is 3. The first-order valence-electron chi connectivity index (χ1n) is 6.86. The van der Waals surface area contributed by atoms with E-state index in [0.717, 1.165) is 36.3 Å². The molecule has 0 saturated carbocycles. The van der Waals surface area contributed by atoms with Crippen molar-refractivity contribution in [3.05, 3.63) is 36.5 Å². The maximum atomic E-state index is 11.5. The summed E-state index contributed by atoms with van der Waals surface area (Å²) in [5.74, 6) is 1.36. The first-order chi connectivity index (χ1) is 9.58. The number of imidazole rings is 1. The van der Waals surface area contributed by atoms with Crippen LogP contribution in [0.5, 0.6) is 0 Å². The molecule has 0 atom stereocenters. The number of pyridine rings is 1. The summed E-state index contributed by atoms with van der Waals surface area (Å²) in [6, 6.07) is 3.27. The van der Waals surface area contributed by atoms with Crippen molar-refractivity contribution in [3.8, 4) is 11.3 Å². The van der Waals surface area contributed by atoms with E-state index in [-0.39, 0.29) is 0 Å². The fraction of sp³-hybridized carbons (Fsp3) is 0.400. The molecule has 0 aliphatic rings. The van der Waals surface area contributed by atoms with E-state index >= 15 is 0 Å². The molecule has 0 aromatic carbocycles. The third-order valence-corrected chi connectivity index (χ3v) is 3.16. The fourth-order valence-corrected chi connectivity index (χ4v) is 2.11. The van der Waals surface area contributed by atoms with Gasteiger partial charge in [-0.3, -0.25) is 9.55 Å². The van der Waals surface area contributed by atoms with Crippen LogP contribution in [0.2, 0.25) is 0 Å². The quantitative estimate of drug-likeness (QED) is 0.909. The molecule has 0 aliphatic carbocycles. The Morgan fingerprint density at radius 2 is 2.25 bits per heavy atom. The minimum absolute atomic E-state index is 0.493. The second kappa shape index (κ2) is 6.32. The monoisotopic (exact) mass is 272 g/mol. The highest BCUT2D eigenvalue weighted by Crippen LogP contribution is 2.18. The second-order valence-electron chi connectivity index (χ2n) is 5.28. The molecule has 2 N–H and O–H groups in total. The highest BCUT2D eigenvalue weighted by molar-refractivity contribution is 5.77. The van der Waals surface area contributed by atoms with Gasteiger partial charge in [-0.05, 0) is 24.5 Å². The van der Waals surface area contributed by atoms with Crippen molar-refractivity contribution in [2.45, 2.75) is 33.1 Å². The number of amides is 1. The molecule has 2 aromatic rings. The molecule has 0 aliphatic heterocycles. The lowest BCUT2D eigenvalue weighted by Gasteiger charge is -2.04. The van der Waals surface area contributed by atoms with Crippen LogP contribution in [-0.2, 0) is 6.42 Å². The first-order valence-corrected chi connectivity index (χ1v) is 6.86. The number of aryl methyl sites for hydroxylation is 1. The van der Waals surface area contributed by atoms with Gasteiger partial charge in [0.25, 0.3) is 0 Å². The van der Waals surface area contributed by atoms with Crippen LogP contribution in [0.25, 0.3) is 11.3 Å². The predicted octanol–water partition coefficient (Wildman–Crippen LogP) is 2.85. The number of rotatable bonds is 5. The van der Waals surface area contributed by atoms with E-state index in [1.165, 1.54) is 4.57 Å². The van der Waals surface area contributed by atoms with Crippen molar-refractivity contribution in [2.75, 3.05) is 0 Å². The summed E-state index contributed by atoms with van der Waals surface area (Å²) < 4.78 is 1.43. The number of nitrogens with zero attached hydrogens (tertiary/aromatic N) is 3. The molecule has 2 aromatic heterocycles. The van der Waals surface area contributed by atoms with Crippen LogP contribution >= 0.6 is 0 Å². The number of carbonyl (C=O) groups excluding carboxylic acids is 1. The predicted molar refractivity (Wildman–Crippen MR) is 78.2 cm³/mol. The molecule has 0 radical (unpaired) electrons. The Kier molecular flexibility index (Phi) is 4.50. The summed E-state index contributed by atoms with van der Waals surface area (Å²) in [6.45, 7) is 4.36. The average molecular weight is 272 g/mol. The molecule has 20 heavy (non-hydrogen) atoms. The summed E-state index contributed by atoms with van der Waals surface area (Å²) in [7, 11) is 0. The largest absolute Gasteiger partial charge is 0.351 e. The molecule has 1 amide bonds. The van der Waals surface area contributed by atoms with Crippen molar-refractivity contribution >= 4 is 6.03 Å². The fourth-order valence-electron chi connectivity index (χ4n) is 2.11. The van der Waals surface area contributed by atoms with Crippen LogP contribution in [0, 0.1) is 5.92 Å². The number of carbonyl (C=O) groups is 1. The van der Waals surface area contributed by atoms with Gasteiger partial charge in [-0.1, -0.05) is 20.3 Å². The van der Waals surface area contributed by atoms with Gasteiger partial charge >= 0.3 is 6.03 Å². The summed E-state index contributed by atoms with van der Waals surface area (Å²) >= 11 is 0. The van der Waals surface area contributed by atoms with Crippen molar-refractivity contribution in [1.29, 1.82) is 0 Å². The Hall–Kier alpha value is -2.17. The minimum atomic E-state index is -0.493. The van der Waals surface area contributed by atoms with Crippen LogP contribution in [0.3, 0.4) is 0 Å². The molecule has 106 valence electrons. The summed E-state index contributed by atoms with van der Waals surface area (Å²) in [5, 5.41) is 0. The summed E-state index contributed by atoms with van der Waals surface area (Å²) in [4.78, 5) is 20.1. The number of aromatic nitrogens is 3. The van der Waals surface area contributed by atoms with Gasteiger partial charge in [0.15, 0.2) is 0 Å². The van der Waals surface area contributed by atoms with E-state index in [9.17, 15) is 4.79 Å². The Labute approximate surface area is 118 Å². The number of primary amides is 1. The zero-order chi connectivity index (χ0) is 14.5. The van der Waals surface area contributed by atoms with E-state index < -0.39 is 6.03 Å². The Bertz CT molecular complexity index is 575. The van der Waals surface area contributed by atoms with Crippen molar-refractivity contribution in [1.82, 2.24) is 14.5 Å². The zero-order valence-electron chi connectivity index (χ0n) is 11.9. The third-order valence-electron chi connectivity index (χ3n) is 3.16. The average Bonchev–Trinajstić information content (AvgIpc) is 2.84. The van der Waals surface area contributed by atoms with Gasteiger partial charge in [0.05, 0.1) is 5.69 Å². The van der Waals surface area contributed by atoms with Crippen LogP contribution in [-0.4, -0.2) is 20.6 Å². The highest BCUT2D eigenvalue weighted by Gasteiger charge is 2.13. The van der Waals surface area contributed by atoms with Crippen molar-refractivity contribution < 1.29 is 4.79 Å². The molecule has 0 saturated heterocycles. The normalized spacial score (nSPS) is 10.9. The molecule has 2 rings (SSSR count). The third kappa shape index (κ3) is 3.44. The van der Waals surface area contributed by atoms with Gasteiger partial charge in [0.2, 0.25) is 0 Å². The highest BCUT2D eigenvalue weighted by atomic mass is 16.2. The lowest BCUT2D eigenvalue weighted by Crippen LogP contribution is -2.21. The van der Waals surface area contributed by atoms with Crippen LogP contribution in [0.4, 0.5) is 4.79 Å². The summed E-state index contributed by atoms with van der Waals surface area (Å²) in [6.07, 6.45) is 7.97. The molecule has 5 heteroatoms. The van der Waals surface area contributed by atoms with Gasteiger partial charge in [-0.2, -0.15) is 0 Å². The Morgan fingerprint density at radius 1 is 1.45 bits per heavy atom. The van der Waals surface area contributed by atoms with E-state index in [4.69, 9.17) is 5.73 Å². The van der Waals surface area contributed by atoms with Crippen LogP contribution in [0.1, 0.15) is 32.5 Å². The molecule has 0 bridgehead atoms. The zero-order valence-corrected chi connectivity index (χ0v) is 11.9. The molecule has 0 spiro atoms. The lowest BCUT2D eigenvalue weighted by atomic mass is 10.1. The molecule has 0 unspecified atom stereocenters. The first kappa shape index (κ1) is 14.2. The van der Waals surface area contributed by atoms with Gasteiger partial charge in [0.1, 0.15) is 5.82 Å². The van der Waals surface area contributed by atoms with E-state index in [1.54, 1.807) is 18.6 Å². The van der Waals surface area contributed by atoms with Crippen molar-refractivity contribution in [3.63, 3.8) is 0 Å². The molecular formula is C15H20N4O.